The van der Waals surface area contributed by atoms with Crippen molar-refractivity contribution in [2.45, 2.75) is 84.4 Å². The van der Waals surface area contributed by atoms with Crippen LogP contribution in [0, 0.1) is 0 Å². The highest BCUT2D eigenvalue weighted by molar-refractivity contribution is 5.76. The van der Waals surface area contributed by atoms with Gasteiger partial charge in [-0.3, -0.25) is 9.36 Å². The van der Waals surface area contributed by atoms with Crippen molar-refractivity contribution < 1.29 is 14.6 Å². The van der Waals surface area contributed by atoms with Gasteiger partial charge in [-0.1, -0.05) is 68.7 Å². The zero-order chi connectivity index (χ0) is 26.8. The molecule has 8 nitrogen and oxygen atoms in total. The average Bonchev–Trinajstić information content (AvgIpc) is 2.87. The summed E-state index contributed by atoms with van der Waals surface area (Å²) in [6, 6.07) is 16.8. The first-order chi connectivity index (χ1) is 17.7. The Bertz CT molecular complexity index is 1290. The largest absolute Gasteiger partial charge is 0.478 e. The van der Waals surface area contributed by atoms with Gasteiger partial charge in [0, 0.05) is 6.54 Å². The number of rotatable bonds is 14. The van der Waals surface area contributed by atoms with Gasteiger partial charge in [0.05, 0.1) is 6.54 Å². The molecule has 3 aromatic rings. The van der Waals surface area contributed by atoms with Gasteiger partial charge in [0.15, 0.2) is 5.60 Å². The molecule has 8 heteroatoms. The quantitative estimate of drug-likeness (QED) is 0.323. The van der Waals surface area contributed by atoms with Crippen LogP contribution in [0.15, 0.2) is 64.2 Å². The number of ether oxygens (including phenoxy) is 1. The third-order valence-electron chi connectivity index (χ3n) is 6.26. The van der Waals surface area contributed by atoms with E-state index < -0.39 is 17.3 Å². The summed E-state index contributed by atoms with van der Waals surface area (Å²) in [7, 11) is 0. The van der Waals surface area contributed by atoms with E-state index in [-0.39, 0.29) is 12.1 Å². The van der Waals surface area contributed by atoms with Crippen molar-refractivity contribution in [1.29, 1.82) is 0 Å². The third-order valence-corrected chi connectivity index (χ3v) is 6.26. The zero-order valence-corrected chi connectivity index (χ0v) is 22.0. The lowest BCUT2D eigenvalue weighted by Gasteiger charge is -2.21. The lowest BCUT2D eigenvalue weighted by Crippen LogP contribution is -2.43. The van der Waals surface area contributed by atoms with Gasteiger partial charge in [-0.05, 0) is 62.8 Å². The summed E-state index contributed by atoms with van der Waals surface area (Å²) >= 11 is 0. The number of carbonyl (C=O) groups is 1. The first-order valence-corrected chi connectivity index (χ1v) is 13.0. The molecule has 2 aromatic carbocycles. The van der Waals surface area contributed by atoms with Crippen molar-refractivity contribution in [2.75, 3.05) is 0 Å². The van der Waals surface area contributed by atoms with Crippen molar-refractivity contribution in [3.8, 4) is 5.75 Å². The Morgan fingerprint density at radius 3 is 2.38 bits per heavy atom. The van der Waals surface area contributed by atoms with Gasteiger partial charge in [0.25, 0.3) is 5.56 Å². The summed E-state index contributed by atoms with van der Waals surface area (Å²) in [6.45, 7) is 5.72. The van der Waals surface area contributed by atoms with Gasteiger partial charge in [0.2, 0.25) is 0 Å². The number of hydrogen-bond donors (Lipinski definition) is 1. The van der Waals surface area contributed by atoms with Crippen LogP contribution in [-0.4, -0.2) is 31.0 Å². The fourth-order valence-electron chi connectivity index (χ4n) is 4.08. The number of carboxylic acid groups (broad SMARTS) is 1. The highest BCUT2D eigenvalue weighted by Crippen LogP contribution is 2.21. The number of unbranched alkanes of at least 4 members (excludes halogenated alkanes) is 3. The second-order valence-electron chi connectivity index (χ2n) is 9.81. The summed E-state index contributed by atoms with van der Waals surface area (Å²) in [6.07, 6.45) is 5.90. The summed E-state index contributed by atoms with van der Waals surface area (Å²) in [5, 5.41) is 13.8. The van der Waals surface area contributed by atoms with Crippen LogP contribution >= 0.6 is 0 Å². The number of carboxylic acids is 1. The van der Waals surface area contributed by atoms with Crippen LogP contribution in [-0.2, 0) is 30.7 Å². The van der Waals surface area contributed by atoms with E-state index in [1.54, 1.807) is 6.07 Å². The van der Waals surface area contributed by atoms with E-state index >= 15 is 0 Å². The molecule has 0 fully saturated rings. The second-order valence-corrected chi connectivity index (χ2v) is 9.81. The predicted molar refractivity (Wildman–Crippen MR) is 143 cm³/mol. The summed E-state index contributed by atoms with van der Waals surface area (Å²) < 4.78 is 8.34. The molecule has 3 rings (SSSR count). The molecule has 0 spiro atoms. The van der Waals surface area contributed by atoms with E-state index in [1.807, 2.05) is 48.5 Å². The van der Waals surface area contributed by atoms with Crippen molar-refractivity contribution in [1.82, 2.24) is 14.3 Å². The third kappa shape index (κ3) is 7.90. The van der Waals surface area contributed by atoms with Crippen LogP contribution in [0.4, 0.5) is 0 Å². The molecule has 0 atom stereocenters. The van der Waals surface area contributed by atoms with Gasteiger partial charge in [-0.15, -0.1) is 0 Å². The minimum Gasteiger partial charge on any atom is -0.478 e. The molecule has 0 aliphatic carbocycles. The smallest absolute Gasteiger partial charge is 0.347 e. The van der Waals surface area contributed by atoms with E-state index in [9.17, 15) is 19.5 Å². The summed E-state index contributed by atoms with van der Waals surface area (Å²) in [4.78, 5) is 37.7. The fraction of sp³-hybridized carbons (Fsp3) is 0.448. The summed E-state index contributed by atoms with van der Waals surface area (Å²) in [5.74, 6) is -0.564. The molecular formula is C29H37N3O5. The van der Waals surface area contributed by atoms with E-state index in [0.29, 0.717) is 37.3 Å². The van der Waals surface area contributed by atoms with E-state index in [4.69, 9.17) is 4.74 Å². The molecule has 37 heavy (non-hydrogen) atoms. The van der Waals surface area contributed by atoms with Crippen LogP contribution in [0.3, 0.4) is 0 Å². The van der Waals surface area contributed by atoms with Crippen molar-refractivity contribution in [3.05, 3.63) is 92.3 Å². The van der Waals surface area contributed by atoms with E-state index in [1.165, 1.54) is 23.1 Å². The molecule has 0 radical (unpaired) electrons. The first-order valence-electron chi connectivity index (χ1n) is 13.0. The molecular weight excluding hydrogens is 470 g/mol. The van der Waals surface area contributed by atoms with Gasteiger partial charge in [-0.2, -0.15) is 5.10 Å². The molecule has 0 aliphatic rings. The molecule has 1 N–H and O–H groups in total. The Morgan fingerprint density at radius 1 is 0.946 bits per heavy atom. The Kier molecular flexibility index (Phi) is 9.83. The number of aryl methyl sites for hydroxylation is 3. The van der Waals surface area contributed by atoms with Gasteiger partial charge >= 0.3 is 11.7 Å². The van der Waals surface area contributed by atoms with Crippen LogP contribution < -0.4 is 16.0 Å². The molecule has 0 aliphatic heterocycles. The van der Waals surface area contributed by atoms with Crippen molar-refractivity contribution >= 4 is 5.97 Å². The monoisotopic (exact) mass is 507 g/mol. The van der Waals surface area contributed by atoms with Gasteiger partial charge in [0.1, 0.15) is 11.4 Å². The van der Waals surface area contributed by atoms with Gasteiger partial charge in [-0.25, -0.2) is 14.3 Å². The standard InChI is InChI=1S/C29H37N3O5/c1-4-5-6-10-18-25-26(33)31(21-23-13-8-7-9-14-23)28(36)32(30-25)19-12-16-22-15-11-17-24(20-22)37-29(2,3)27(34)35/h7-9,11,13-15,17,20H,4-6,10,12,16,18-19,21H2,1-3H3,(H,34,35). The van der Waals surface area contributed by atoms with Gasteiger partial charge < -0.3 is 9.84 Å². The maximum Gasteiger partial charge on any atom is 0.347 e. The van der Waals surface area contributed by atoms with Crippen molar-refractivity contribution in [3.63, 3.8) is 0 Å². The minimum atomic E-state index is -1.34. The van der Waals surface area contributed by atoms with Crippen LogP contribution in [0.5, 0.6) is 5.75 Å². The van der Waals surface area contributed by atoms with Crippen LogP contribution in [0.2, 0.25) is 0 Å². The second kappa shape index (κ2) is 13.0. The van der Waals surface area contributed by atoms with Crippen LogP contribution in [0.1, 0.15) is 69.7 Å². The first kappa shape index (κ1) is 27.9. The highest BCUT2D eigenvalue weighted by Gasteiger charge is 2.29. The zero-order valence-electron chi connectivity index (χ0n) is 22.0. The number of benzene rings is 2. The summed E-state index contributed by atoms with van der Waals surface area (Å²) in [5.41, 5.74) is 0.217. The molecule has 198 valence electrons. The minimum absolute atomic E-state index is 0.210. The molecule has 0 saturated heterocycles. The molecule has 1 aromatic heterocycles. The lowest BCUT2D eigenvalue weighted by atomic mass is 10.1. The molecule has 0 saturated carbocycles. The Morgan fingerprint density at radius 2 is 1.68 bits per heavy atom. The molecule has 0 amide bonds. The number of aromatic nitrogens is 3. The Hall–Kier alpha value is -3.68. The fourth-order valence-corrected chi connectivity index (χ4v) is 4.08. The maximum absolute atomic E-state index is 13.2. The lowest BCUT2D eigenvalue weighted by molar-refractivity contribution is -0.152. The number of nitrogens with zero attached hydrogens (tertiary/aromatic N) is 3. The number of hydrogen-bond acceptors (Lipinski definition) is 5. The predicted octanol–water partition coefficient (Wildman–Crippen LogP) is 4.45. The van der Waals surface area contributed by atoms with E-state index in [0.717, 1.165) is 36.8 Å². The molecule has 0 bridgehead atoms. The Balaban J connectivity index is 1.77. The van der Waals surface area contributed by atoms with Crippen LogP contribution in [0.25, 0.3) is 0 Å². The normalized spacial score (nSPS) is 11.4. The molecule has 1 heterocycles. The maximum atomic E-state index is 13.2. The van der Waals surface area contributed by atoms with Crippen molar-refractivity contribution in [2.24, 2.45) is 0 Å². The van der Waals surface area contributed by atoms with E-state index in [2.05, 4.69) is 12.0 Å². The average molecular weight is 508 g/mol. The topological polar surface area (TPSA) is 103 Å². The number of aliphatic carboxylic acids is 1. The SMILES string of the molecule is CCCCCCc1nn(CCCc2cccc(OC(C)(C)C(=O)O)c2)c(=O)n(Cc2ccccc2)c1=O. The highest BCUT2D eigenvalue weighted by atomic mass is 16.5. The molecule has 0 unspecified atom stereocenters. The Labute approximate surface area is 217 Å².